The number of aromatic nitrogens is 3. The zero-order valence-corrected chi connectivity index (χ0v) is 16.6. The number of benzene rings is 1. The van der Waals surface area contributed by atoms with E-state index in [1.165, 1.54) is 17.0 Å². The van der Waals surface area contributed by atoms with Crippen molar-refractivity contribution in [3.8, 4) is 22.4 Å². The molecule has 154 valence electrons. The molecule has 0 unspecified atom stereocenters. The molecule has 0 radical (unpaired) electrons. The minimum absolute atomic E-state index is 0.0127. The average Bonchev–Trinajstić information content (AvgIpc) is 3.33. The van der Waals surface area contributed by atoms with E-state index < -0.39 is 0 Å². The van der Waals surface area contributed by atoms with Gasteiger partial charge in [0, 0.05) is 23.2 Å². The summed E-state index contributed by atoms with van der Waals surface area (Å²) in [5.41, 5.74) is 3.18. The summed E-state index contributed by atoms with van der Waals surface area (Å²) in [6.07, 6.45) is 9.92. The van der Waals surface area contributed by atoms with E-state index in [1.54, 1.807) is 18.3 Å². The van der Waals surface area contributed by atoms with Crippen LogP contribution in [0.4, 0.5) is 10.2 Å². The number of hydrogen-bond acceptors (Lipinski definition) is 4. The minimum Gasteiger partial charge on any atom is -0.393 e. The van der Waals surface area contributed by atoms with Crippen LogP contribution in [0.3, 0.4) is 0 Å². The molecule has 2 aromatic heterocycles. The first-order valence-electron chi connectivity index (χ1n) is 10.5. The second kappa shape index (κ2) is 7.89. The molecule has 2 fully saturated rings. The van der Waals surface area contributed by atoms with E-state index in [0.717, 1.165) is 55.2 Å². The molecule has 5 rings (SSSR count). The predicted molar refractivity (Wildman–Crippen MR) is 111 cm³/mol. The topological polar surface area (TPSA) is 69.0 Å². The van der Waals surface area contributed by atoms with Crippen molar-refractivity contribution in [3.63, 3.8) is 0 Å². The summed E-state index contributed by atoms with van der Waals surface area (Å²) in [5, 5.41) is 7.53. The Labute approximate surface area is 174 Å². The fourth-order valence-electron chi connectivity index (χ4n) is 3.83. The summed E-state index contributed by atoms with van der Waals surface area (Å²) in [6.45, 7) is 0. The van der Waals surface area contributed by atoms with Crippen LogP contribution in [0.25, 0.3) is 22.4 Å². The van der Waals surface area contributed by atoms with E-state index in [4.69, 9.17) is 4.84 Å². The monoisotopic (exact) mass is 406 g/mol. The summed E-state index contributed by atoms with van der Waals surface area (Å²) in [6, 6.07) is 9.96. The molecule has 1 amide bonds. The molecule has 7 heteroatoms. The van der Waals surface area contributed by atoms with Crippen molar-refractivity contribution in [1.82, 2.24) is 14.9 Å². The summed E-state index contributed by atoms with van der Waals surface area (Å²) in [5.74, 6) is 0.335. The Morgan fingerprint density at radius 3 is 2.57 bits per heavy atom. The Morgan fingerprint density at radius 2 is 1.83 bits per heavy atom. The first-order valence-corrected chi connectivity index (χ1v) is 10.5. The second-order valence-electron chi connectivity index (χ2n) is 8.01. The number of halogens is 1. The van der Waals surface area contributed by atoms with Crippen molar-refractivity contribution in [3.05, 3.63) is 54.6 Å². The molecular weight excluding hydrogens is 383 g/mol. The van der Waals surface area contributed by atoms with Gasteiger partial charge in [0.1, 0.15) is 23.4 Å². The van der Waals surface area contributed by atoms with Crippen molar-refractivity contribution in [1.29, 1.82) is 0 Å². The van der Waals surface area contributed by atoms with Crippen LogP contribution in [-0.2, 0) is 4.79 Å². The molecule has 2 saturated carbocycles. The van der Waals surface area contributed by atoms with Crippen LogP contribution < -0.4 is 10.2 Å². The molecular formula is C23H23FN4O2. The van der Waals surface area contributed by atoms with Gasteiger partial charge in [0.15, 0.2) is 0 Å². The van der Waals surface area contributed by atoms with Gasteiger partial charge >= 0.3 is 0 Å². The third kappa shape index (κ3) is 4.06. The number of carbonyl (C=O) groups is 1. The maximum atomic E-state index is 13.4. The number of carbonyl (C=O) groups excluding carboxylic acids is 1. The highest BCUT2D eigenvalue weighted by molar-refractivity contribution is 5.94. The van der Waals surface area contributed by atoms with Crippen molar-refractivity contribution in [2.75, 3.05) is 5.32 Å². The zero-order valence-electron chi connectivity index (χ0n) is 16.6. The Hall–Kier alpha value is -3.22. The molecule has 3 aromatic rings. The van der Waals surface area contributed by atoms with Gasteiger partial charge in [-0.05, 0) is 80.5 Å². The smallest absolute Gasteiger partial charge is 0.228 e. The van der Waals surface area contributed by atoms with Gasteiger partial charge in [-0.1, -0.05) is 0 Å². The summed E-state index contributed by atoms with van der Waals surface area (Å²) in [4.78, 5) is 24.0. The first kappa shape index (κ1) is 18.8. The number of rotatable bonds is 6. The first-order chi connectivity index (χ1) is 14.7. The molecule has 0 aliphatic heterocycles. The lowest BCUT2D eigenvalue weighted by atomic mass is 10.0. The van der Waals surface area contributed by atoms with Crippen molar-refractivity contribution in [2.45, 2.75) is 44.6 Å². The Balaban J connectivity index is 1.49. The minimum atomic E-state index is -0.295. The molecule has 2 heterocycles. The Kier molecular flexibility index (Phi) is 4.94. The highest BCUT2D eigenvalue weighted by Gasteiger charge is 2.30. The molecule has 0 saturated heterocycles. The van der Waals surface area contributed by atoms with Gasteiger partial charge in [-0.2, -0.15) is 0 Å². The highest BCUT2D eigenvalue weighted by Crippen LogP contribution is 2.33. The van der Waals surface area contributed by atoms with Crippen LogP contribution in [-0.4, -0.2) is 26.9 Å². The average molecular weight is 406 g/mol. The van der Waals surface area contributed by atoms with Crippen molar-refractivity contribution < 1.29 is 14.0 Å². The Morgan fingerprint density at radius 1 is 1.07 bits per heavy atom. The van der Waals surface area contributed by atoms with Crippen LogP contribution in [0.5, 0.6) is 0 Å². The van der Waals surface area contributed by atoms with E-state index in [2.05, 4.69) is 15.4 Å². The van der Waals surface area contributed by atoms with Crippen LogP contribution in [0.1, 0.15) is 38.5 Å². The maximum absolute atomic E-state index is 13.4. The lowest BCUT2D eigenvalue weighted by molar-refractivity contribution is -0.117. The molecule has 1 N–H and O–H groups in total. The van der Waals surface area contributed by atoms with Crippen LogP contribution in [0.15, 0.2) is 48.8 Å². The number of nitrogens with zero attached hydrogens (tertiary/aromatic N) is 3. The fourth-order valence-corrected chi connectivity index (χ4v) is 3.83. The lowest BCUT2D eigenvalue weighted by Gasteiger charge is -2.11. The highest BCUT2D eigenvalue weighted by atomic mass is 19.1. The van der Waals surface area contributed by atoms with Gasteiger partial charge in [0.2, 0.25) is 5.91 Å². The molecule has 30 heavy (non-hydrogen) atoms. The molecule has 6 nitrogen and oxygen atoms in total. The van der Waals surface area contributed by atoms with Crippen molar-refractivity contribution >= 4 is 11.7 Å². The van der Waals surface area contributed by atoms with E-state index in [0.29, 0.717) is 11.5 Å². The molecule has 0 atom stereocenters. The number of hydrogen-bond donors (Lipinski definition) is 1. The zero-order chi connectivity index (χ0) is 20.5. The number of nitrogens with one attached hydrogen (secondary N) is 1. The van der Waals surface area contributed by atoms with Crippen LogP contribution >= 0.6 is 0 Å². The van der Waals surface area contributed by atoms with Crippen LogP contribution in [0.2, 0.25) is 0 Å². The van der Waals surface area contributed by atoms with E-state index in [9.17, 15) is 9.18 Å². The van der Waals surface area contributed by atoms with E-state index >= 15 is 0 Å². The quantitative estimate of drug-likeness (QED) is 0.656. The van der Waals surface area contributed by atoms with Gasteiger partial charge in [0.05, 0.1) is 6.20 Å². The molecule has 0 bridgehead atoms. The third-order valence-corrected chi connectivity index (χ3v) is 5.64. The van der Waals surface area contributed by atoms with E-state index in [1.807, 2.05) is 18.3 Å². The number of pyridine rings is 1. The number of amides is 1. The molecule has 2 aliphatic carbocycles. The molecule has 1 aromatic carbocycles. The SMILES string of the molecule is O=C(Nc1cc(-c2cn(OC3CCCC3)nc2-c2ccc(F)cc2)ccn1)C1CC1. The Bertz CT molecular complexity index is 1050. The normalized spacial score (nSPS) is 16.6. The van der Waals surface area contributed by atoms with Crippen LogP contribution in [0, 0.1) is 11.7 Å². The van der Waals surface area contributed by atoms with Gasteiger partial charge in [0.25, 0.3) is 0 Å². The number of anilines is 1. The summed E-state index contributed by atoms with van der Waals surface area (Å²) in [7, 11) is 0. The summed E-state index contributed by atoms with van der Waals surface area (Å²) >= 11 is 0. The van der Waals surface area contributed by atoms with Gasteiger partial charge in [-0.15, -0.1) is 9.94 Å². The lowest BCUT2D eigenvalue weighted by Crippen LogP contribution is -2.22. The van der Waals surface area contributed by atoms with Crippen molar-refractivity contribution in [2.24, 2.45) is 5.92 Å². The fraction of sp³-hybridized carbons (Fsp3) is 0.348. The summed E-state index contributed by atoms with van der Waals surface area (Å²) < 4.78 is 13.4. The molecule has 2 aliphatic rings. The van der Waals surface area contributed by atoms with E-state index in [-0.39, 0.29) is 23.7 Å². The van der Waals surface area contributed by atoms with Gasteiger partial charge in [-0.25, -0.2) is 9.37 Å². The third-order valence-electron chi connectivity index (χ3n) is 5.64. The van der Waals surface area contributed by atoms with Gasteiger partial charge < -0.3 is 10.2 Å². The van der Waals surface area contributed by atoms with Gasteiger partial charge in [-0.3, -0.25) is 4.79 Å². The predicted octanol–water partition coefficient (Wildman–Crippen LogP) is 4.47. The second-order valence-corrected chi connectivity index (χ2v) is 8.01. The molecule has 0 spiro atoms. The maximum Gasteiger partial charge on any atom is 0.228 e. The largest absolute Gasteiger partial charge is 0.393 e. The standard InChI is InChI=1S/C23H23FN4O2/c24-18-9-7-15(8-10-18)22-20(14-28(27-22)30-19-3-1-2-4-19)17-11-12-25-21(13-17)26-23(29)16-5-6-16/h7-14,16,19H,1-6H2,(H,25,26,29).